The van der Waals surface area contributed by atoms with Crippen LogP contribution >= 0.6 is 0 Å². The number of methoxy groups -OCH3 is 1. The van der Waals surface area contributed by atoms with Gasteiger partial charge in [-0.2, -0.15) is 0 Å². The Kier molecular flexibility index (Phi) is 4.90. The lowest BCUT2D eigenvalue weighted by atomic mass is 9.72. The first-order valence-corrected chi connectivity index (χ1v) is 9.39. The average molecular weight is 362 g/mol. The van der Waals surface area contributed by atoms with Crippen molar-refractivity contribution in [3.63, 3.8) is 0 Å². The number of fused-ring (bicyclic) bond motifs is 2. The molecule has 1 N–H and O–H groups in total. The maximum atomic E-state index is 12.7. The van der Waals surface area contributed by atoms with Crippen LogP contribution in [0, 0.1) is 6.92 Å². The van der Waals surface area contributed by atoms with Crippen LogP contribution in [0.25, 0.3) is 0 Å². The number of carbonyl (C=O) groups excluding carboxylic acids is 1. The first-order valence-electron chi connectivity index (χ1n) is 9.39. The van der Waals surface area contributed by atoms with Crippen LogP contribution < -0.4 is 4.74 Å². The van der Waals surface area contributed by atoms with Crippen LogP contribution in [0.4, 0.5) is 4.79 Å². The Morgan fingerprint density at radius 1 is 1.27 bits per heavy atom. The quantitative estimate of drug-likeness (QED) is 0.871. The number of ether oxygens (including phenoxy) is 2. The summed E-state index contributed by atoms with van der Waals surface area (Å²) in [4.78, 5) is 19.0. The van der Waals surface area contributed by atoms with E-state index in [1.54, 1.807) is 13.2 Å². The van der Waals surface area contributed by atoms with E-state index < -0.39 is 11.2 Å². The molecular weight excluding hydrogens is 332 g/mol. The highest BCUT2D eigenvalue weighted by molar-refractivity contribution is 5.69. The molecule has 2 saturated heterocycles. The van der Waals surface area contributed by atoms with Gasteiger partial charge in [-0.3, -0.25) is 0 Å². The Bertz CT molecular complexity index is 669. The number of piperidine rings is 2. The zero-order chi connectivity index (χ0) is 19.1. The van der Waals surface area contributed by atoms with Gasteiger partial charge in [0.25, 0.3) is 0 Å². The van der Waals surface area contributed by atoms with Crippen LogP contribution in [-0.4, -0.2) is 45.9 Å². The average Bonchev–Trinajstić information content (AvgIpc) is 2.51. The van der Waals surface area contributed by atoms with Gasteiger partial charge in [0.15, 0.2) is 0 Å². The van der Waals surface area contributed by atoms with Gasteiger partial charge in [0, 0.05) is 42.2 Å². The summed E-state index contributed by atoms with van der Waals surface area (Å²) in [5.41, 5.74) is 0.113. The van der Waals surface area contributed by atoms with E-state index >= 15 is 0 Å². The van der Waals surface area contributed by atoms with Crippen molar-refractivity contribution in [2.75, 3.05) is 7.11 Å². The molecule has 1 amide bonds. The minimum atomic E-state index is -0.975. The largest absolute Gasteiger partial charge is 0.481 e. The van der Waals surface area contributed by atoms with Gasteiger partial charge in [-0.1, -0.05) is 0 Å². The van der Waals surface area contributed by atoms with Crippen molar-refractivity contribution in [1.29, 1.82) is 0 Å². The summed E-state index contributed by atoms with van der Waals surface area (Å²) in [6, 6.07) is 3.67. The zero-order valence-electron chi connectivity index (χ0n) is 16.4. The van der Waals surface area contributed by atoms with Crippen molar-refractivity contribution in [3.05, 3.63) is 23.4 Å². The van der Waals surface area contributed by atoms with E-state index in [2.05, 4.69) is 4.98 Å². The molecular formula is C20H30N2O4. The maximum absolute atomic E-state index is 12.7. The smallest absolute Gasteiger partial charge is 0.410 e. The first kappa shape index (κ1) is 19.0. The van der Waals surface area contributed by atoms with E-state index in [9.17, 15) is 9.90 Å². The molecule has 2 aliphatic heterocycles. The molecule has 0 aromatic carbocycles. The molecule has 1 aromatic rings. The molecule has 2 aliphatic rings. The Labute approximate surface area is 155 Å². The molecule has 0 aliphatic carbocycles. The highest BCUT2D eigenvalue weighted by Gasteiger charge is 2.49. The predicted octanol–water partition coefficient (Wildman–Crippen LogP) is 3.54. The maximum Gasteiger partial charge on any atom is 0.410 e. The summed E-state index contributed by atoms with van der Waals surface area (Å²) in [7, 11) is 1.58. The van der Waals surface area contributed by atoms with Crippen molar-refractivity contribution in [2.24, 2.45) is 0 Å². The molecule has 0 radical (unpaired) electrons. The number of hydrogen-bond acceptors (Lipinski definition) is 5. The van der Waals surface area contributed by atoms with Gasteiger partial charge in [0.1, 0.15) is 5.60 Å². The van der Waals surface area contributed by atoms with Gasteiger partial charge in [0.05, 0.1) is 12.7 Å². The van der Waals surface area contributed by atoms with Crippen molar-refractivity contribution >= 4 is 6.09 Å². The lowest BCUT2D eigenvalue weighted by Gasteiger charge is -2.52. The second-order valence-electron chi connectivity index (χ2n) is 8.55. The fourth-order valence-electron chi connectivity index (χ4n) is 4.41. The summed E-state index contributed by atoms with van der Waals surface area (Å²) in [5, 5.41) is 11.5. The topological polar surface area (TPSA) is 71.9 Å². The third-order valence-electron chi connectivity index (χ3n) is 5.38. The SMILES string of the molecule is COc1ccc(C2(O)CC3CCCC(C2)N3C(=O)OC(C)(C)C)c(C)n1. The van der Waals surface area contributed by atoms with Gasteiger partial charge in [-0.25, -0.2) is 9.78 Å². The van der Waals surface area contributed by atoms with Gasteiger partial charge >= 0.3 is 6.09 Å². The summed E-state index contributed by atoms with van der Waals surface area (Å²) in [6.07, 6.45) is 3.61. The standard InChI is InChI=1S/C20H30N2O4/c1-13-16(9-10-17(21-13)25-5)20(24)11-14-7-6-8-15(12-20)22(14)18(23)26-19(2,3)4/h9-10,14-15,24H,6-8,11-12H2,1-5H3. The number of pyridine rings is 1. The predicted molar refractivity (Wildman–Crippen MR) is 98.2 cm³/mol. The fourth-order valence-corrected chi connectivity index (χ4v) is 4.41. The molecule has 2 fully saturated rings. The van der Waals surface area contributed by atoms with Crippen LogP contribution in [0.1, 0.15) is 64.1 Å². The minimum Gasteiger partial charge on any atom is -0.481 e. The van der Waals surface area contributed by atoms with E-state index in [4.69, 9.17) is 9.47 Å². The molecule has 2 bridgehead atoms. The van der Waals surface area contributed by atoms with Crippen molar-refractivity contribution in [3.8, 4) is 5.88 Å². The number of aliphatic hydroxyl groups is 1. The Morgan fingerprint density at radius 3 is 2.38 bits per heavy atom. The van der Waals surface area contributed by atoms with Gasteiger partial charge in [0.2, 0.25) is 5.88 Å². The van der Waals surface area contributed by atoms with Crippen LogP contribution in [0.3, 0.4) is 0 Å². The summed E-state index contributed by atoms with van der Waals surface area (Å²) in [5.74, 6) is 0.543. The molecule has 1 aromatic heterocycles. The van der Waals surface area contributed by atoms with Gasteiger partial charge in [-0.05, 0) is 53.0 Å². The van der Waals surface area contributed by atoms with Crippen molar-refractivity contribution < 1.29 is 19.4 Å². The normalized spacial score (nSPS) is 28.6. The fraction of sp³-hybridized carbons (Fsp3) is 0.700. The number of nitrogens with zero attached hydrogens (tertiary/aromatic N) is 2. The molecule has 6 nitrogen and oxygen atoms in total. The monoisotopic (exact) mass is 362 g/mol. The number of hydrogen-bond donors (Lipinski definition) is 1. The summed E-state index contributed by atoms with van der Waals surface area (Å²) >= 11 is 0. The molecule has 0 spiro atoms. The second-order valence-corrected chi connectivity index (χ2v) is 8.55. The molecule has 3 rings (SSSR count). The Hall–Kier alpha value is -1.82. The lowest BCUT2D eigenvalue weighted by molar-refractivity contribution is -0.0969. The number of aromatic nitrogens is 1. The Morgan fingerprint density at radius 2 is 1.88 bits per heavy atom. The zero-order valence-corrected chi connectivity index (χ0v) is 16.4. The van der Waals surface area contributed by atoms with E-state index in [0.29, 0.717) is 18.7 Å². The number of carbonyl (C=O) groups is 1. The summed E-state index contributed by atoms with van der Waals surface area (Å²) in [6.45, 7) is 7.54. The van der Waals surface area contributed by atoms with E-state index in [0.717, 1.165) is 30.5 Å². The summed E-state index contributed by atoms with van der Waals surface area (Å²) < 4.78 is 10.8. The molecule has 0 saturated carbocycles. The van der Waals surface area contributed by atoms with Crippen molar-refractivity contribution in [2.45, 2.75) is 83.1 Å². The molecule has 2 atom stereocenters. The molecule has 6 heteroatoms. The minimum absolute atomic E-state index is 0.0103. The first-order chi connectivity index (χ1) is 12.1. The third kappa shape index (κ3) is 3.65. The van der Waals surface area contributed by atoms with E-state index in [1.807, 2.05) is 38.7 Å². The van der Waals surface area contributed by atoms with Crippen LogP contribution in [0.2, 0.25) is 0 Å². The van der Waals surface area contributed by atoms with Crippen LogP contribution in [0.5, 0.6) is 5.88 Å². The van der Waals surface area contributed by atoms with Crippen LogP contribution in [0.15, 0.2) is 12.1 Å². The lowest BCUT2D eigenvalue weighted by Crippen LogP contribution is -2.59. The van der Waals surface area contributed by atoms with E-state index in [-0.39, 0.29) is 18.2 Å². The van der Waals surface area contributed by atoms with Gasteiger partial charge < -0.3 is 19.5 Å². The Balaban J connectivity index is 1.86. The number of rotatable bonds is 2. The second kappa shape index (κ2) is 6.72. The molecule has 144 valence electrons. The third-order valence-corrected chi connectivity index (χ3v) is 5.38. The molecule has 26 heavy (non-hydrogen) atoms. The van der Waals surface area contributed by atoms with Crippen molar-refractivity contribution in [1.82, 2.24) is 9.88 Å². The molecule has 3 heterocycles. The van der Waals surface area contributed by atoms with Gasteiger partial charge in [-0.15, -0.1) is 0 Å². The van der Waals surface area contributed by atoms with Crippen LogP contribution in [-0.2, 0) is 10.3 Å². The van der Waals surface area contributed by atoms with E-state index in [1.165, 1.54) is 0 Å². The molecule has 2 unspecified atom stereocenters. The number of amides is 1. The highest BCUT2D eigenvalue weighted by atomic mass is 16.6. The number of aryl methyl sites for hydroxylation is 1. The highest BCUT2D eigenvalue weighted by Crippen LogP contribution is 2.45.